The van der Waals surface area contributed by atoms with Gasteiger partial charge in [-0.25, -0.2) is 8.78 Å². The second-order valence-corrected chi connectivity index (χ2v) is 4.16. The van der Waals surface area contributed by atoms with Crippen LogP contribution in [0.4, 0.5) is 20.2 Å². The third-order valence-electron chi connectivity index (χ3n) is 2.96. The first-order chi connectivity index (χ1) is 8.65. The molecule has 3 rings (SSSR count). The molecule has 1 aliphatic rings. The lowest BCUT2D eigenvalue weighted by atomic mass is 10.1. The zero-order chi connectivity index (χ0) is 12.7. The molecule has 0 atom stereocenters. The normalized spacial score (nSPS) is 13.9. The highest BCUT2D eigenvalue weighted by Crippen LogP contribution is 2.35. The Morgan fingerprint density at radius 2 is 1.61 bits per heavy atom. The number of hydrogen-bond donors (Lipinski definition) is 0. The van der Waals surface area contributed by atoms with Crippen LogP contribution in [0.15, 0.2) is 42.5 Å². The van der Waals surface area contributed by atoms with Gasteiger partial charge in [-0.3, -0.25) is 9.69 Å². The van der Waals surface area contributed by atoms with Gasteiger partial charge in [-0.2, -0.15) is 0 Å². The van der Waals surface area contributed by atoms with Gasteiger partial charge in [0.15, 0.2) is 0 Å². The van der Waals surface area contributed by atoms with E-state index in [9.17, 15) is 13.6 Å². The van der Waals surface area contributed by atoms with Crippen molar-refractivity contribution in [2.24, 2.45) is 0 Å². The maximum Gasteiger partial charge on any atom is 0.236 e. The van der Waals surface area contributed by atoms with Crippen LogP contribution < -0.4 is 4.90 Å². The standard InChI is InChI=1S/C14H9F2NO/c15-10-1-4-12(5-2-10)17-13-6-3-11(16)7-9(13)8-14(17)18/h1-7H,8H2. The van der Waals surface area contributed by atoms with Crippen LogP contribution in [-0.2, 0) is 11.2 Å². The van der Waals surface area contributed by atoms with Crippen molar-refractivity contribution in [1.29, 1.82) is 0 Å². The van der Waals surface area contributed by atoms with Crippen molar-refractivity contribution in [2.45, 2.75) is 6.42 Å². The van der Waals surface area contributed by atoms with E-state index in [1.54, 1.807) is 6.07 Å². The molecule has 0 aromatic heterocycles. The monoisotopic (exact) mass is 245 g/mol. The second kappa shape index (κ2) is 3.91. The number of benzene rings is 2. The predicted octanol–water partition coefficient (Wildman–Crippen LogP) is 3.19. The van der Waals surface area contributed by atoms with Crippen LogP contribution >= 0.6 is 0 Å². The molecule has 0 unspecified atom stereocenters. The van der Waals surface area contributed by atoms with E-state index < -0.39 is 0 Å². The van der Waals surface area contributed by atoms with Gasteiger partial charge in [0.2, 0.25) is 5.91 Å². The molecule has 4 heteroatoms. The molecule has 1 amide bonds. The third kappa shape index (κ3) is 1.66. The predicted molar refractivity (Wildman–Crippen MR) is 63.7 cm³/mol. The van der Waals surface area contributed by atoms with Gasteiger partial charge in [0.05, 0.1) is 12.1 Å². The minimum Gasteiger partial charge on any atom is -0.280 e. The summed E-state index contributed by atoms with van der Waals surface area (Å²) >= 11 is 0. The Hall–Kier alpha value is -2.23. The summed E-state index contributed by atoms with van der Waals surface area (Å²) in [4.78, 5) is 13.4. The Kier molecular flexibility index (Phi) is 2.37. The Morgan fingerprint density at radius 3 is 2.33 bits per heavy atom. The highest BCUT2D eigenvalue weighted by molar-refractivity contribution is 6.07. The number of carbonyl (C=O) groups is 1. The molecule has 0 radical (unpaired) electrons. The van der Waals surface area contributed by atoms with Crippen molar-refractivity contribution in [1.82, 2.24) is 0 Å². The van der Waals surface area contributed by atoms with Crippen LogP contribution in [0.1, 0.15) is 5.56 Å². The molecule has 2 aromatic carbocycles. The molecule has 0 saturated carbocycles. The fourth-order valence-electron chi connectivity index (χ4n) is 2.16. The molecular weight excluding hydrogens is 236 g/mol. The molecule has 0 spiro atoms. The van der Waals surface area contributed by atoms with Gasteiger partial charge in [0, 0.05) is 5.69 Å². The smallest absolute Gasteiger partial charge is 0.236 e. The van der Waals surface area contributed by atoms with Gasteiger partial charge in [0.1, 0.15) is 11.6 Å². The number of rotatable bonds is 1. The summed E-state index contributed by atoms with van der Waals surface area (Å²) in [5.74, 6) is -0.852. The van der Waals surface area contributed by atoms with Gasteiger partial charge < -0.3 is 0 Å². The fraction of sp³-hybridized carbons (Fsp3) is 0.0714. The minimum absolute atomic E-state index is 0.137. The van der Waals surface area contributed by atoms with E-state index >= 15 is 0 Å². The number of halogens is 2. The third-order valence-corrected chi connectivity index (χ3v) is 2.96. The average Bonchev–Trinajstić information content (AvgIpc) is 2.65. The fourth-order valence-corrected chi connectivity index (χ4v) is 2.16. The van der Waals surface area contributed by atoms with Crippen molar-refractivity contribution in [3.63, 3.8) is 0 Å². The Bertz CT molecular complexity index is 622. The number of carbonyl (C=O) groups excluding carboxylic acids is 1. The molecule has 1 aliphatic heterocycles. The van der Waals surface area contributed by atoms with E-state index in [1.165, 1.54) is 41.3 Å². The zero-order valence-electron chi connectivity index (χ0n) is 9.36. The molecule has 2 nitrogen and oxygen atoms in total. The molecule has 90 valence electrons. The van der Waals surface area contributed by atoms with Crippen LogP contribution in [0.3, 0.4) is 0 Å². The summed E-state index contributed by atoms with van der Waals surface area (Å²) in [6.07, 6.45) is 0.171. The molecule has 0 saturated heterocycles. The van der Waals surface area contributed by atoms with E-state index in [-0.39, 0.29) is 24.0 Å². The highest BCUT2D eigenvalue weighted by Gasteiger charge is 2.28. The molecular formula is C14H9F2NO. The molecule has 2 aromatic rings. The van der Waals surface area contributed by atoms with E-state index in [0.29, 0.717) is 16.9 Å². The number of hydrogen-bond acceptors (Lipinski definition) is 1. The zero-order valence-corrected chi connectivity index (χ0v) is 9.36. The molecule has 0 N–H and O–H groups in total. The van der Waals surface area contributed by atoms with E-state index in [1.807, 2.05) is 0 Å². The van der Waals surface area contributed by atoms with E-state index in [4.69, 9.17) is 0 Å². The maximum absolute atomic E-state index is 13.1. The van der Waals surface area contributed by atoms with Crippen LogP contribution in [0, 0.1) is 11.6 Å². The molecule has 0 fully saturated rings. The van der Waals surface area contributed by atoms with E-state index in [0.717, 1.165) is 0 Å². The summed E-state index contributed by atoms with van der Waals surface area (Å²) in [5, 5.41) is 0. The van der Waals surface area contributed by atoms with Crippen molar-refractivity contribution >= 4 is 17.3 Å². The quantitative estimate of drug-likeness (QED) is 0.755. The number of nitrogens with zero attached hydrogens (tertiary/aromatic N) is 1. The largest absolute Gasteiger partial charge is 0.280 e. The Morgan fingerprint density at radius 1 is 0.944 bits per heavy atom. The molecule has 18 heavy (non-hydrogen) atoms. The van der Waals surface area contributed by atoms with Gasteiger partial charge >= 0.3 is 0 Å². The first-order valence-electron chi connectivity index (χ1n) is 5.52. The maximum atomic E-state index is 13.1. The molecule has 0 bridgehead atoms. The summed E-state index contributed by atoms with van der Waals surface area (Å²) in [7, 11) is 0. The lowest BCUT2D eigenvalue weighted by Gasteiger charge is -2.17. The summed E-state index contributed by atoms with van der Waals surface area (Å²) < 4.78 is 26.0. The van der Waals surface area contributed by atoms with Crippen molar-refractivity contribution in [3.05, 3.63) is 59.7 Å². The van der Waals surface area contributed by atoms with Crippen LogP contribution in [-0.4, -0.2) is 5.91 Å². The van der Waals surface area contributed by atoms with Crippen molar-refractivity contribution < 1.29 is 13.6 Å². The number of anilines is 2. The SMILES string of the molecule is O=C1Cc2cc(F)ccc2N1c1ccc(F)cc1. The van der Waals surface area contributed by atoms with Crippen LogP contribution in [0.5, 0.6) is 0 Å². The Labute approximate surface area is 102 Å². The minimum atomic E-state index is -0.359. The summed E-state index contributed by atoms with van der Waals surface area (Å²) in [6.45, 7) is 0. The second-order valence-electron chi connectivity index (χ2n) is 4.16. The lowest BCUT2D eigenvalue weighted by Crippen LogP contribution is -2.20. The number of amides is 1. The van der Waals surface area contributed by atoms with Crippen LogP contribution in [0.2, 0.25) is 0 Å². The van der Waals surface area contributed by atoms with Crippen molar-refractivity contribution in [2.75, 3.05) is 4.90 Å². The van der Waals surface area contributed by atoms with Gasteiger partial charge in [-0.05, 0) is 48.0 Å². The summed E-state index contributed by atoms with van der Waals surface area (Å²) in [6, 6.07) is 9.90. The summed E-state index contributed by atoms with van der Waals surface area (Å²) in [5.41, 5.74) is 1.91. The topological polar surface area (TPSA) is 20.3 Å². The molecule has 0 aliphatic carbocycles. The highest BCUT2D eigenvalue weighted by atomic mass is 19.1. The van der Waals surface area contributed by atoms with Crippen LogP contribution in [0.25, 0.3) is 0 Å². The molecule has 1 heterocycles. The first-order valence-corrected chi connectivity index (χ1v) is 5.52. The van der Waals surface area contributed by atoms with Crippen molar-refractivity contribution in [3.8, 4) is 0 Å². The van der Waals surface area contributed by atoms with Gasteiger partial charge in [0.25, 0.3) is 0 Å². The lowest BCUT2D eigenvalue weighted by molar-refractivity contribution is -0.116. The average molecular weight is 245 g/mol. The van der Waals surface area contributed by atoms with Gasteiger partial charge in [-0.1, -0.05) is 0 Å². The number of fused-ring (bicyclic) bond motifs is 1. The Balaban J connectivity index is 2.09. The van der Waals surface area contributed by atoms with E-state index in [2.05, 4.69) is 0 Å². The first kappa shape index (κ1) is 10.9. The van der Waals surface area contributed by atoms with Gasteiger partial charge in [-0.15, -0.1) is 0 Å².